The van der Waals surface area contributed by atoms with Gasteiger partial charge in [0.05, 0.1) is 5.69 Å². The van der Waals surface area contributed by atoms with Crippen LogP contribution in [0, 0.1) is 13.8 Å². The third-order valence-corrected chi connectivity index (χ3v) is 2.39. The summed E-state index contributed by atoms with van der Waals surface area (Å²) in [7, 11) is 1.86. The predicted octanol–water partition coefficient (Wildman–Crippen LogP) is 0.196. The highest BCUT2D eigenvalue weighted by atomic mass is 15.4. The van der Waals surface area contributed by atoms with E-state index in [2.05, 4.69) is 10.1 Å². The van der Waals surface area contributed by atoms with Gasteiger partial charge in [-0.25, -0.2) is 9.66 Å². The maximum Gasteiger partial charge on any atom is 0.150 e. The molecule has 2 aromatic rings. The van der Waals surface area contributed by atoms with Gasteiger partial charge in [-0.1, -0.05) is 0 Å². The topological polar surface area (TPSA) is 87.7 Å². The van der Waals surface area contributed by atoms with Crippen LogP contribution in [0.25, 0.3) is 11.3 Å². The molecule has 0 aliphatic heterocycles. The Morgan fingerprint density at radius 3 is 2.40 bits per heavy atom. The summed E-state index contributed by atoms with van der Waals surface area (Å²) in [5.41, 5.74) is 8.36. The van der Waals surface area contributed by atoms with Gasteiger partial charge in [0.1, 0.15) is 11.5 Å². The quantitative estimate of drug-likeness (QED) is 0.652. The van der Waals surface area contributed by atoms with Gasteiger partial charge in [0, 0.05) is 18.8 Å². The lowest BCUT2D eigenvalue weighted by molar-refractivity contribution is 0.756. The van der Waals surface area contributed by atoms with Crippen LogP contribution in [0.3, 0.4) is 0 Å². The Morgan fingerprint density at radius 2 is 2.00 bits per heavy atom. The second-order valence-corrected chi connectivity index (χ2v) is 3.56. The molecule has 0 aromatic carbocycles. The van der Waals surface area contributed by atoms with Crippen LogP contribution in [0.5, 0.6) is 0 Å². The first-order chi connectivity index (χ1) is 7.00. The standard InChI is InChI=1S/C9H14N6/c1-5-7(4-14(3)13-5)8-9(10)15(11)6(2)12-8/h4H,10-11H2,1-3H3. The maximum absolute atomic E-state index is 5.85. The van der Waals surface area contributed by atoms with E-state index in [0.717, 1.165) is 11.3 Å². The summed E-state index contributed by atoms with van der Waals surface area (Å²) < 4.78 is 3.11. The average Bonchev–Trinajstić information content (AvgIpc) is 2.61. The third kappa shape index (κ3) is 1.34. The summed E-state index contributed by atoms with van der Waals surface area (Å²) in [5, 5.41) is 4.24. The number of anilines is 1. The Morgan fingerprint density at radius 1 is 1.33 bits per heavy atom. The van der Waals surface area contributed by atoms with E-state index in [-0.39, 0.29) is 0 Å². The number of aryl methyl sites for hydroxylation is 3. The zero-order valence-corrected chi connectivity index (χ0v) is 9.02. The first-order valence-electron chi connectivity index (χ1n) is 4.61. The number of nitrogens with two attached hydrogens (primary N) is 2. The molecule has 6 nitrogen and oxygen atoms in total. The van der Waals surface area contributed by atoms with Crippen molar-refractivity contribution in [1.82, 2.24) is 19.4 Å². The molecule has 80 valence electrons. The average molecular weight is 206 g/mol. The molecule has 0 bridgehead atoms. The Labute approximate surface area is 87.5 Å². The minimum absolute atomic E-state index is 0.462. The van der Waals surface area contributed by atoms with Gasteiger partial charge in [-0.3, -0.25) is 4.68 Å². The van der Waals surface area contributed by atoms with Crippen LogP contribution in [-0.4, -0.2) is 19.4 Å². The molecule has 0 aliphatic rings. The second kappa shape index (κ2) is 3.01. The fourth-order valence-corrected chi connectivity index (χ4v) is 1.59. The molecular formula is C9H14N6. The molecule has 2 heterocycles. The first-order valence-corrected chi connectivity index (χ1v) is 4.61. The maximum atomic E-state index is 5.85. The zero-order chi connectivity index (χ0) is 11.2. The Kier molecular flexibility index (Phi) is 1.92. The fourth-order valence-electron chi connectivity index (χ4n) is 1.59. The molecule has 0 amide bonds. The summed E-state index contributed by atoms with van der Waals surface area (Å²) in [5.74, 6) is 6.85. The molecule has 0 radical (unpaired) electrons. The molecule has 0 spiro atoms. The lowest BCUT2D eigenvalue weighted by Gasteiger charge is -1.98. The van der Waals surface area contributed by atoms with Crippen molar-refractivity contribution >= 4 is 5.82 Å². The number of hydrogen-bond acceptors (Lipinski definition) is 4. The molecule has 0 atom stereocenters. The summed E-state index contributed by atoms with van der Waals surface area (Å²) in [4.78, 5) is 4.31. The highest BCUT2D eigenvalue weighted by molar-refractivity contribution is 5.72. The van der Waals surface area contributed by atoms with E-state index in [4.69, 9.17) is 11.6 Å². The molecule has 2 aromatic heterocycles. The van der Waals surface area contributed by atoms with Crippen molar-refractivity contribution in [2.24, 2.45) is 7.05 Å². The number of hydrogen-bond donors (Lipinski definition) is 2. The monoisotopic (exact) mass is 206 g/mol. The molecule has 0 saturated heterocycles. The summed E-state index contributed by atoms with van der Waals surface area (Å²) >= 11 is 0. The lowest BCUT2D eigenvalue weighted by Crippen LogP contribution is -2.13. The van der Waals surface area contributed by atoms with E-state index in [1.165, 1.54) is 4.68 Å². The van der Waals surface area contributed by atoms with E-state index in [1.807, 2.05) is 27.1 Å². The minimum atomic E-state index is 0.462. The fraction of sp³-hybridized carbons (Fsp3) is 0.333. The van der Waals surface area contributed by atoms with Crippen molar-refractivity contribution in [3.8, 4) is 11.3 Å². The van der Waals surface area contributed by atoms with Gasteiger partial charge in [0.15, 0.2) is 5.82 Å². The SMILES string of the molecule is Cc1nn(C)cc1-c1nc(C)n(N)c1N. The molecule has 0 saturated carbocycles. The molecule has 0 fully saturated rings. The van der Waals surface area contributed by atoms with Crippen LogP contribution in [0.1, 0.15) is 11.5 Å². The van der Waals surface area contributed by atoms with Crippen molar-refractivity contribution in [1.29, 1.82) is 0 Å². The van der Waals surface area contributed by atoms with Crippen molar-refractivity contribution in [3.63, 3.8) is 0 Å². The number of nitrogens with zero attached hydrogens (tertiary/aromatic N) is 4. The summed E-state index contributed by atoms with van der Waals surface area (Å²) in [6, 6.07) is 0. The zero-order valence-electron chi connectivity index (χ0n) is 9.02. The second-order valence-electron chi connectivity index (χ2n) is 3.56. The highest BCUT2D eigenvalue weighted by Crippen LogP contribution is 2.26. The van der Waals surface area contributed by atoms with Crippen LogP contribution in [0.15, 0.2) is 6.20 Å². The third-order valence-electron chi connectivity index (χ3n) is 2.39. The molecule has 6 heteroatoms. The van der Waals surface area contributed by atoms with Crippen LogP contribution < -0.4 is 11.6 Å². The minimum Gasteiger partial charge on any atom is -0.382 e. The molecule has 0 aliphatic carbocycles. The van der Waals surface area contributed by atoms with E-state index in [9.17, 15) is 0 Å². The highest BCUT2D eigenvalue weighted by Gasteiger charge is 2.15. The van der Waals surface area contributed by atoms with Gasteiger partial charge in [0.2, 0.25) is 0 Å². The van der Waals surface area contributed by atoms with E-state index >= 15 is 0 Å². The van der Waals surface area contributed by atoms with Crippen LogP contribution >= 0.6 is 0 Å². The van der Waals surface area contributed by atoms with Gasteiger partial charge < -0.3 is 11.6 Å². The molecular weight excluding hydrogens is 192 g/mol. The Bertz CT molecular complexity index is 507. The van der Waals surface area contributed by atoms with Crippen molar-refractivity contribution in [3.05, 3.63) is 17.7 Å². The largest absolute Gasteiger partial charge is 0.382 e. The molecule has 15 heavy (non-hydrogen) atoms. The summed E-state index contributed by atoms with van der Waals surface area (Å²) in [6.07, 6.45) is 1.88. The van der Waals surface area contributed by atoms with E-state index in [1.54, 1.807) is 4.68 Å². The van der Waals surface area contributed by atoms with Crippen molar-refractivity contribution < 1.29 is 0 Å². The van der Waals surface area contributed by atoms with E-state index in [0.29, 0.717) is 17.3 Å². The predicted molar refractivity (Wildman–Crippen MR) is 58.5 cm³/mol. The summed E-state index contributed by atoms with van der Waals surface area (Å²) in [6.45, 7) is 3.73. The van der Waals surface area contributed by atoms with Gasteiger partial charge in [0.25, 0.3) is 0 Å². The smallest absolute Gasteiger partial charge is 0.150 e. The lowest BCUT2D eigenvalue weighted by atomic mass is 10.2. The van der Waals surface area contributed by atoms with Gasteiger partial charge in [-0.15, -0.1) is 0 Å². The number of imidazole rings is 1. The molecule has 4 N–H and O–H groups in total. The van der Waals surface area contributed by atoms with Crippen molar-refractivity contribution in [2.45, 2.75) is 13.8 Å². The Balaban J connectivity index is 2.64. The van der Waals surface area contributed by atoms with Gasteiger partial charge in [-0.2, -0.15) is 5.10 Å². The van der Waals surface area contributed by atoms with E-state index < -0.39 is 0 Å². The van der Waals surface area contributed by atoms with Crippen LogP contribution in [0.2, 0.25) is 0 Å². The van der Waals surface area contributed by atoms with Crippen LogP contribution in [-0.2, 0) is 7.05 Å². The van der Waals surface area contributed by atoms with Crippen molar-refractivity contribution in [2.75, 3.05) is 11.6 Å². The number of rotatable bonds is 1. The van der Waals surface area contributed by atoms with Gasteiger partial charge >= 0.3 is 0 Å². The Hall–Kier alpha value is -1.98. The molecule has 2 rings (SSSR count). The van der Waals surface area contributed by atoms with Crippen LogP contribution in [0.4, 0.5) is 5.82 Å². The van der Waals surface area contributed by atoms with Gasteiger partial charge in [-0.05, 0) is 13.8 Å². The molecule has 0 unspecified atom stereocenters. The normalized spacial score (nSPS) is 10.9. The number of nitrogen functional groups attached to an aromatic ring is 2. The number of aromatic nitrogens is 4. The first kappa shape index (κ1) is 9.57.